The van der Waals surface area contributed by atoms with Crippen LogP contribution in [0.15, 0.2) is 60.7 Å². The van der Waals surface area contributed by atoms with Gasteiger partial charge in [-0.25, -0.2) is 4.79 Å². The summed E-state index contributed by atoms with van der Waals surface area (Å²) >= 11 is 0. The minimum atomic E-state index is -0.275. The smallest absolute Gasteiger partial charge is 0.410 e. The summed E-state index contributed by atoms with van der Waals surface area (Å²) in [7, 11) is 1.66. The molecule has 0 aromatic heterocycles. The largest absolute Gasteiger partial charge is 0.493 e. The van der Waals surface area contributed by atoms with Crippen molar-refractivity contribution in [2.75, 3.05) is 13.7 Å². The van der Waals surface area contributed by atoms with Gasteiger partial charge in [-0.15, -0.1) is 0 Å². The average molecular weight is 432 g/mol. The van der Waals surface area contributed by atoms with Crippen molar-refractivity contribution in [2.24, 2.45) is 0 Å². The fourth-order valence-corrected chi connectivity index (χ4v) is 4.81. The van der Waals surface area contributed by atoms with Crippen molar-refractivity contribution in [3.8, 4) is 11.5 Å². The Hall–Kier alpha value is -3.21. The molecule has 1 saturated carbocycles. The van der Waals surface area contributed by atoms with Crippen molar-refractivity contribution in [1.29, 1.82) is 0 Å². The second-order valence-corrected chi connectivity index (χ2v) is 8.66. The Labute approximate surface area is 188 Å². The highest BCUT2D eigenvalue weighted by Crippen LogP contribution is 2.37. The predicted octanol–water partition coefficient (Wildman–Crippen LogP) is 6.25. The SMILES string of the molecule is COc1ccc(C2CCN(Cc3cccc4ccccc34)C(=O)O2)cc1OC1CCCC1. The van der Waals surface area contributed by atoms with Gasteiger partial charge in [-0.2, -0.15) is 0 Å². The third-order valence-corrected chi connectivity index (χ3v) is 6.56. The number of fused-ring (bicyclic) bond motifs is 1. The van der Waals surface area contributed by atoms with Crippen LogP contribution in [0, 0.1) is 0 Å². The summed E-state index contributed by atoms with van der Waals surface area (Å²) in [5.74, 6) is 1.46. The van der Waals surface area contributed by atoms with E-state index < -0.39 is 0 Å². The average Bonchev–Trinajstić information content (AvgIpc) is 3.34. The Morgan fingerprint density at radius 3 is 2.59 bits per heavy atom. The maximum absolute atomic E-state index is 12.9. The van der Waals surface area contributed by atoms with Gasteiger partial charge in [-0.1, -0.05) is 48.5 Å². The van der Waals surface area contributed by atoms with Crippen LogP contribution < -0.4 is 9.47 Å². The predicted molar refractivity (Wildman–Crippen MR) is 124 cm³/mol. The van der Waals surface area contributed by atoms with Crippen molar-refractivity contribution >= 4 is 16.9 Å². The van der Waals surface area contributed by atoms with Gasteiger partial charge in [0.2, 0.25) is 0 Å². The molecule has 0 spiro atoms. The van der Waals surface area contributed by atoms with Crippen LogP contribution >= 0.6 is 0 Å². The summed E-state index contributed by atoms with van der Waals surface area (Å²) in [6.45, 7) is 1.20. The minimum absolute atomic E-state index is 0.240. The zero-order valence-electron chi connectivity index (χ0n) is 18.5. The lowest BCUT2D eigenvalue weighted by Gasteiger charge is -2.32. The first-order valence-electron chi connectivity index (χ1n) is 11.5. The molecular weight excluding hydrogens is 402 g/mol. The Morgan fingerprint density at radius 1 is 0.969 bits per heavy atom. The van der Waals surface area contributed by atoms with Gasteiger partial charge in [-0.3, -0.25) is 0 Å². The maximum atomic E-state index is 12.9. The van der Waals surface area contributed by atoms with Crippen LogP contribution in [0.4, 0.5) is 4.79 Å². The number of rotatable bonds is 6. The highest BCUT2D eigenvalue weighted by molar-refractivity contribution is 5.86. The number of cyclic esters (lactones) is 1. The Kier molecular flexibility index (Phi) is 5.89. The van der Waals surface area contributed by atoms with Gasteiger partial charge in [0, 0.05) is 19.5 Å². The zero-order valence-corrected chi connectivity index (χ0v) is 18.5. The van der Waals surface area contributed by atoms with Gasteiger partial charge in [-0.05, 0) is 59.7 Å². The molecule has 1 heterocycles. The molecule has 1 unspecified atom stereocenters. The molecule has 0 bridgehead atoms. The maximum Gasteiger partial charge on any atom is 0.410 e. The minimum Gasteiger partial charge on any atom is -0.493 e. The van der Waals surface area contributed by atoms with E-state index in [9.17, 15) is 4.79 Å². The summed E-state index contributed by atoms with van der Waals surface area (Å²) < 4.78 is 17.6. The van der Waals surface area contributed by atoms with Crippen molar-refractivity contribution < 1.29 is 19.0 Å². The molecular formula is C27H29NO4. The molecule has 1 amide bonds. The quantitative estimate of drug-likeness (QED) is 0.463. The molecule has 5 heteroatoms. The van der Waals surface area contributed by atoms with Crippen molar-refractivity contribution in [1.82, 2.24) is 4.90 Å². The highest BCUT2D eigenvalue weighted by Gasteiger charge is 2.29. The number of hydrogen-bond acceptors (Lipinski definition) is 4. The number of hydrogen-bond donors (Lipinski definition) is 0. The van der Waals surface area contributed by atoms with Crippen LogP contribution in [0.25, 0.3) is 10.8 Å². The highest BCUT2D eigenvalue weighted by atomic mass is 16.6. The van der Waals surface area contributed by atoms with E-state index in [1.165, 1.54) is 23.6 Å². The molecule has 5 nitrogen and oxygen atoms in total. The lowest BCUT2D eigenvalue weighted by atomic mass is 10.0. The normalized spacial score (nSPS) is 19.2. The number of carbonyl (C=O) groups excluding carboxylic acids is 1. The molecule has 0 N–H and O–H groups in total. The second kappa shape index (κ2) is 9.11. The van der Waals surface area contributed by atoms with E-state index in [-0.39, 0.29) is 18.3 Å². The van der Waals surface area contributed by atoms with Crippen LogP contribution in [-0.4, -0.2) is 30.8 Å². The summed E-state index contributed by atoms with van der Waals surface area (Å²) in [6, 6.07) is 20.3. The summed E-state index contributed by atoms with van der Waals surface area (Å²) in [5.41, 5.74) is 2.09. The summed E-state index contributed by atoms with van der Waals surface area (Å²) in [5, 5.41) is 2.36. The Balaban J connectivity index is 1.29. The van der Waals surface area contributed by atoms with Gasteiger partial charge in [0.05, 0.1) is 13.2 Å². The molecule has 5 rings (SSSR count). The first kappa shape index (κ1) is 20.7. The van der Waals surface area contributed by atoms with E-state index in [0.717, 1.165) is 41.9 Å². The van der Waals surface area contributed by atoms with Gasteiger partial charge < -0.3 is 19.1 Å². The van der Waals surface area contributed by atoms with Gasteiger partial charge in [0.1, 0.15) is 6.10 Å². The summed E-state index contributed by atoms with van der Waals surface area (Å²) in [4.78, 5) is 14.6. The van der Waals surface area contributed by atoms with E-state index in [2.05, 4.69) is 24.3 Å². The van der Waals surface area contributed by atoms with Crippen LogP contribution in [-0.2, 0) is 11.3 Å². The number of ether oxygens (including phenoxy) is 3. The fraction of sp³-hybridized carbons (Fsp3) is 0.370. The number of nitrogens with zero attached hydrogens (tertiary/aromatic N) is 1. The molecule has 1 aliphatic heterocycles. The molecule has 32 heavy (non-hydrogen) atoms. The number of methoxy groups -OCH3 is 1. The Bertz CT molecular complexity index is 1100. The molecule has 2 aliphatic rings. The molecule has 166 valence electrons. The monoisotopic (exact) mass is 431 g/mol. The molecule has 0 radical (unpaired) electrons. The van der Waals surface area contributed by atoms with Crippen molar-refractivity contribution in [3.05, 3.63) is 71.8 Å². The van der Waals surface area contributed by atoms with Crippen LogP contribution in [0.1, 0.15) is 49.3 Å². The van der Waals surface area contributed by atoms with Crippen molar-refractivity contribution in [2.45, 2.75) is 50.9 Å². The van der Waals surface area contributed by atoms with Crippen molar-refractivity contribution in [3.63, 3.8) is 0 Å². The van der Waals surface area contributed by atoms with Gasteiger partial charge in [0.15, 0.2) is 11.5 Å². The zero-order chi connectivity index (χ0) is 21.9. The van der Waals surface area contributed by atoms with Gasteiger partial charge >= 0.3 is 6.09 Å². The van der Waals surface area contributed by atoms with Crippen LogP contribution in [0.5, 0.6) is 11.5 Å². The van der Waals surface area contributed by atoms with E-state index in [0.29, 0.717) is 13.1 Å². The van der Waals surface area contributed by atoms with E-state index in [1.54, 1.807) is 12.0 Å². The molecule has 1 aliphatic carbocycles. The lowest BCUT2D eigenvalue weighted by Crippen LogP contribution is -2.38. The number of carbonyl (C=O) groups is 1. The third-order valence-electron chi connectivity index (χ3n) is 6.56. The first-order chi connectivity index (χ1) is 15.7. The molecule has 2 fully saturated rings. The molecule has 3 aromatic rings. The van der Waals surface area contributed by atoms with Crippen LogP contribution in [0.3, 0.4) is 0 Å². The standard InChI is InChI=1S/C27H29NO4/c1-30-25-14-13-20(17-26(25)31-22-10-3-4-11-22)24-15-16-28(27(29)32-24)18-21-9-6-8-19-7-2-5-12-23(19)21/h2,5-9,12-14,17,22,24H,3-4,10-11,15-16,18H2,1H3. The third kappa shape index (κ3) is 4.24. The van der Waals surface area contributed by atoms with Gasteiger partial charge in [0.25, 0.3) is 0 Å². The topological polar surface area (TPSA) is 48.0 Å². The molecule has 3 aromatic carbocycles. The van der Waals surface area contributed by atoms with Crippen LogP contribution in [0.2, 0.25) is 0 Å². The second-order valence-electron chi connectivity index (χ2n) is 8.66. The Morgan fingerprint density at radius 2 is 1.78 bits per heavy atom. The first-order valence-corrected chi connectivity index (χ1v) is 11.5. The summed E-state index contributed by atoms with van der Waals surface area (Å²) in [6.07, 6.45) is 5.00. The lowest BCUT2D eigenvalue weighted by molar-refractivity contribution is 0.0216. The van der Waals surface area contributed by atoms with E-state index in [1.807, 2.05) is 36.4 Å². The fourth-order valence-electron chi connectivity index (χ4n) is 4.81. The molecule has 1 atom stereocenters. The van der Waals surface area contributed by atoms with E-state index in [4.69, 9.17) is 14.2 Å². The van der Waals surface area contributed by atoms with E-state index >= 15 is 0 Å². The number of benzene rings is 3. The number of amides is 1. The molecule has 1 saturated heterocycles.